The second-order valence-electron chi connectivity index (χ2n) is 7.26. The Labute approximate surface area is 176 Å². The van der Waals surface area contributed by atoms with E-state index in [2.05, 4.69) is 27.6 Å². The molecule has 1 heterocycles. The monoisotopic (exact) mass is 415 g/mol. The molecule has 1 saturated carbocycles. The van der Waals surface area contributed by atoms with Crippen LogP contribution in [-0.2, 0) is 27.3 Å². The van der Waals surface area contributed by atoms with Crippen LogP contribution in [0.2, 0.25) is 0 Å². The number of nitrogens with zero attached hydrogens (tertiary/aromatic N) is 2. The molecular weight excluding hydrogens is 386 g/mol. The Hall–Kier alpha value is -2.25. The summed E-state index contributed by atoms with van der Waals surface area (Å²) in [5.74, 6) is 0.458. The quantitative estimate of drug-likeness (QED) is 0.343. The molecule has 1 aliphatic rings. The number of thiazole rings is 1. The van der Waals surface area contributed by atoms with Gasteiger partial charge in [-0.15, -0.1) is 11.3 Å². The van der Waals surface area contributed by atoms with E-state index in [0.717, 1.165) is 23.7 Å². The number of carbonyl (C=O) groups is 1. The van der Waals surface area contributed by atoms with Crippen LogP contribution >= 0.6 is 11.3 Å². The van der Waals surface area contributed by atoms with Crippen LogP contribution in [0.1, 0.15) is 55.8 Å². The Bertz CT molecular complexity index is 800. The summed E-state index contributed by atoms with van der Waals surface area (Å²) in [5.41, 5.74) is 5.75. The maximum absolute atomic E-state index is 11.5. The highest BCUT2D eigenvalue weighted by molar-refractivity contribution is 7.13. The largest absolute Gasteiger partial charge is 0.466 e. The molecule has 1 aromatic carbocycles. The van der Waals surface area contributed by atoms with E-state index in [1.54, 1.807) is 13.1 Å². The van der Waals surface area contributed by atoms with Gasteiger partial charge in [-0.1, -0.05) is 37.5 Å². The van der Waals surface area contributed by atoms with Gasteiger partial charge in [-0.05, 0) is 42.9 Å². The minimum atomic E-state index is -0.268. The maximum atomic E-state index is 11.5. The molecule has 0 spiro atoms. The van der Waals surface area contributed by atoms with Crippen molar-refractivity contribution < 1.29 is 14.3 Å². The van der Waals surface area contributed by atoms with Gasteiger partial charge in [0.25, 0.3) is 0 Å². The average molecular weight is 416 g/mol. The molecule has 2 aromatic rings. The number of rotatable bonds is 10. The molecule has 0 unspecified atom stereocenters. The molecule has 1 N–H and O–H groups in total. The van der Waals surface area contributed by atoms with Crippen LogP contribution in [0.4, 0.5) is 5.13 Å². The summed E-state index contributed by atoms with van der Waals surface area (Å²) in [6.45, 7) is 3.66. The fourth-order valence-electron chi connectivity index (χ4n) is 3.42. The van der Waals surface area contributed by atoms with Crippen molar-refractivity contribution in [3.8, 4) is 0 Å². The van der Waals surface area contributed by atoms with E-state index in [1.165, 1.54) is 43.4 Å². The van der Waals surface area contributed by atoms with Gasteiger partial charge in [0, 0.05) is 12.0 Å². The Balaban J connectivity index is 1.44. The molecule has 0 atom stereocenters. The van der Waals surface area contributed by atoms with Gasteiger partial charge < -0.3 is 9.47 Å². The fraction of sp³-hybridized carbons (Fsp3) is 0.500. The number of carbonyl (C=O) groups excluding carboxylic acids is 1. The van der Waals surface area contributed by atoms with Crippen LogP contribution < -0.4 is 5.43 Å². The van der Waals surface area contributed by atoms with Gasteiger partial charge in [0.1, 0.15) is 0 Å². The average Bonchev–Trinajstić information content (AvgIpc) is 3.16. The van der Waals surface area contributed by atoms with Crippen LogP contribution in [0, 0.1) is 5.92 Å². The Morgan fingerprint density at radius 2 is 2.21 bits per heavy atom. The predicted molar refractivity (Wildman–Crippen MR) is 116 cm³/mol. The van der Waals surface area contributed by atoms with Crippen molar-refractivity contribution in [2.45, 2.75) is 52.1 Å². The van der Waals surface area contributed by atoms with Gasteiger partial charge in [0.15, 0.2) is 0 Å². The second-order valence-corrected chi connectivity index (χ2v) is 8.12. The lowest BCUT2D eigenvalue weighted by atomic mass is 9.90. The lowest BCUT2D eigenvalue weighted by Gasteiger charge is -2.21. The molecule has 1 fully saturated rings. The van der Waals surface area contributed by atoms with Gasteiger partial charge in [-0.3, -0.25) is 10.2 Å². The molecule has 1 aromatic heterocycles. The summed E-state index contributed by atoms with van der Waals surface area (Å²) in [5, 5.41) is 6.73. The summed E-state index contributed by atoms with van der Waals surface area (Å²) in [7, 11) is 0. The third-order valence-corrected chi connectivity index (χ3v) is 5.65. The van der Waals surface area contributed by atoms with Crippen molar-refractivity contribution >= 4 is 28.7 Å². The van der Waals surface area contributed by atoms with Crippen molar-refractivity contribution in [3.63, 3.8) is 0 Å². The smallest absolute Gasteiger partial charge is 0.311 e. The zero-order valence-corrected chi connectivity index (χ0v) is 17.7. The number of aromatic nitrogens is 1. The van der Waals surface area contributed by atoms with Crippen LogP contribution in [0.3, 0.4) is 0 Å². The van der Waals surface area contributed by atoms with Crippen molar-refractivity contribution in [3.05, 3.63) is 46.5 Å². The van der Waals surface area contributed by atoms with E-state index in [4.69, 9.17) is 9.47 Å². The highest BCUT2D eigenvalue weighted by Crippen LogP contribution is 2.24. The number of ether oxygens (including phenoxy) is 2. The van der Waals surface area contributed by atoms with E-state index in [1.807, 2.05) is 17.5 Å². The molecular formula is C22H29N3O3S. The Morgan fingerprint density at radius 3 is 3.03 bits per heavy atom. The molecule has 0 radical (unpaired) electrons. The van der Waals surface area contributed by atoms with E-state index < -0.39 is 0 Å². The van der Waals surface area contributed by atoms with Gasteiger partial charge in [-0.25, -0.2) is 4.98 Å². The number of nitrogens with one attached hydrogen (secondary N) is 1. The number of anilines is 1. The lowest BCUT2D eigenvalue weighted by molar-refractivity contribution is -0.142. The topological polar surface area (TPSA) is 72.8 Å². The molecule has 156 valence electrons. The number of hydrazone groups is 1. The minimum Gasteiger partial charge on any atom is -0.466 e. The minimum absolute atomic E-state index is 0.179. The number of hydrogen-bond donors (Lipinski definition) is 1. The van der Waals surface area contributed by atoms with Crippen LogP contribution in [0.15, 0.2) is 34.7 Å². The van der Waals surface area contributed by atoms with Crippen molar-refractivity contribution in [1.82, 2.24) is 4.98 Å². The SMILES string of the molecule is CCOC(=O)Cc1csc(NN=Cc2cccc(COCC3CCCCC3)c2)n1. The lowest BCUT2D eigenvalue weighted by Crippen LogP contribution is -2.13. The van der Waals surface area contributed by atoms with Crippen molar-refractivity contribution in [1.29, 1.82) is 0 Å². The first-order valence-electron chi connectivity index (χ1n) is 10.3. The third-order valence-electron chi connectivity index (χ3n) is 4.85. The molecule has 0 bridgehead atoms. The number of benzene rings is 1. The second kappa shape index (κ2) is 11.7. The molecule has 3 rings (SSSR count). The van der Waals surface area contributed by atoms with Crippen LogP contribution in [0.5, 0.6) is 0 Å². The molecule has 6 nitrogen and oxygen atoms in total. The summed E-state index contributed by atoms with van der Waals surface area (Å²) in [6.07, 6.45) is 8.61. The normalized spacial score (nSPS) is 14.9. The predicted octanol–water partition coefficient (Wildman–Crippen LogP) is 4.79. The van der Waals surface area contributed by atoms with Crippen LogP contribution in [-0.4, -0.2) is 30.4 Å². The van der Waals surface area contributed by atoms with E-state index in [-0.39, 0.29) is 12.4 Å². The molecule has 0 aliphatic heterocycles. The summed E-state index contributed by atoms with van der Waals surface area (Å²) in [6, 6.07) is 8.18. The van der Waals surface area contributed by atoms with Crippen LogP contribution in [0.25, 0.3) is 0 Å². The number of esters is 1. The van der Waals surface area contributed by atoms with Gasteiger partial charge in [0.2, 0.25) is 5.13 Å². The Morgan fingerprint density at radius 1 is 1.34 bits per heavy atom. The first kappa shape index (κ1) is 21.5. The molecule has 29 heavy (non-hydrogen) atoms. The van der Waals surface area contributed by atoms with Crippen molar-refractivity contribution in [2.24, 2.45) is 11.0 Å². The first-order chi connectivity index (χ1) is 14.2. The molecule has 7 heteroatoms. The fourth-order valence-corrected chi connectivity index (χ4v) is 4.08. The highest BCUT2D eigenvalue weighted by Gasteiger charge is 2.13. The summed E-state index contributed by atoms with van der Waals surface area (Å²) >= 11 is 1.41. The van der Waals surface area contributed by atoms with E-state index in [9.17, 15) is 4.79 Å². The number of hydrogen-bond acceptors (Lipinski definition) is 7. The summed E-state index contributed by atoms with van der Waals surface area (Å²) < 4.78 is 10.9. The van der Waals surface area contributed by atoms with Crippen molar-refractivity contribution in [2.75, 3.05) is 18.6 Å². The first-order valence-corrected chi connectivity index (χ1v) is 11.2. The molecule has 0 saturated heterocycles. The molecule has 0 amide bonds. The summed E-state index contributed by atoms with van der Waals surface area (Å²) in [4.78, 5) is 15.8. The van der Waals surface area contributed by atoms with Gasteiger partial charge in [-0.2, -0.15) is 5.10 Å². The molecule has 1 aliphatic carbocycles. The van der Waals surface area contributed by atoms with Gasteiger partial charge >= 0.3 is 5.97 Å². The third kappa shape index (κ3) is 7.59. The maximum Gasteiger partial charge on any atom is 0.311 e. The van der Waals surface area contributed by atoms with Gasteiger partial charge in [0.05, 0.1) is 31.5 Å². The standard InChI is InChI=1S/C22H29N3O3S/c1-2-28-21(26)12-20-16-29-22(24-20)25-23-13-18-9-6-10-19(11-18)15-27-14-17-7-4-3-5-8-17/h6,9-11,13,16-17H,2-5,7-8,12,14-15H2,1H3,(H,24,25). The Kier molecular flexibility index (Phi) is 8.64. The van der Waals surface area contributed by atoms with E-state index in [0.29, 0.717) is 24.0 Å². The highest BCUT2D eigenvalue weighted by atomic mass is 32.1. The van der Waals surface area contributed by atoms with E-state index >= 15 is 0 Å². The zero-order valence-electron chi connectivity index (χ0n) is 16.9. The zero-order chi connectivity index (χ0) is 20.3.